The summed E-state index contributed by atoms with van der Waals surface area (Å²) in [5, 5.41) is 3.96. The smallest absolute Gasteiger partial charge is 0.258 e. The fraction of sp³-hybridized carbons (Fsp3) is 0.391. The molecule has 152 valence electrons. The van der Waals surface area contributed by atoms with Crippen LogP contribution in [0.15, 0.2) is 35.1 Å². The van der Waals surface area contributed by atoms with Crippen molar-refractivity contribution in [1.29, 1.82) is 0 Å². The van der Waals surface area contributed by atoms with Gasteiger partial charge in [0.2, 0.25) is 0 Å². The van der Waals surface area contributed by atoms with E-state index in [1.165, 1.54) is 42.4 Å². The van der Waals surface area contributed by atoms with Crippen molar-refractivity contribution >= 4 is 10.9 Å². The molecule has 2 N–H and O–H groups in total. The highest BCUT2D eigenvalue weighted by atomic mass is 16.5. The lowest BCUT2D eigenvalue weighted by molar-refractivity contribution is 0.355. The SMILES string of the molecule is COc1cc2nc(CN[C@@H](C)c3ccc4c(c3)CCCC4)[nH]c(=O)c2cc1OC. The second kappa shape index (κ2) is 8.25. The van der Waals surface area contributed by atoms with Gasteiger partial charge in [0.05, 0.1) is 31.7 Å². The summed E-state index contributed by atoms with van der Waals surface area (Å²) >= 11 is 0. The molecule has 2 aromatic carbocycles. The number of fused-ring (bicyclic) bond motifs is 2. The number of aryl methyl sites for hydroxylation is 2. The van der Waals surface area contributed by atoms with Gasteiger partial charge < -0.3 is 19.8 Å². The largest absolute Gasteiger partial charge is 0.493 e. The zero-order chi connectivity index (χ0) is 20.4. The molecule has 1 atom stereocenters. The van der Waals surface area contributed by atoms with Crippen molar-refractivity contribution in [3.63, 3.8) is 0 Å². The lowest BCUT2D eigenvalue weighted by Crippen LogP contribution is -2.22. The van der Waals surface area contributed by atoms with Gasteiger partial charge in [-0.1, -0.05) is 18.2 Å². The van der Waals surface area contributed by atoms with Gasteiger partial charge in [-0.15, -0.1) is 0 Å². The van der Waals surface area contributed by atoms with E-state index in [2.05, 4.69) is 40.4 Å². The van der Waals surface area contributed by atoms with E-state index in [1.807, 2.05) is 0 Å². The van der Waals surface area contributed by atoms with E-state index in [0.717, 1.165) is 0 Å². The van der Waals surface area contributed by atoms with E-state index in [1.54, 1.807) is 26.4 Å². The van der Waals surface area contributed by atoms with E-state index < -0.39 is 0 Å². The number of H-pyrrole nitrogens is 1. The van der Waals surface area contributed by atoms with Gasteiger partial charge in [-0.2, -0.15) is 0 Å². The summed E-state index contributed by atoms with van der Waals surface area (Å²) in [5.41, 5.74) is 4.62. The van der Waals surface area contributed by atoms with Crippen molar-refractivity contribution in [1.82, 2.24) is 15.3 Å². The van der Waals surface area contributed by atoms with Crippen LogP contribution in [0.2, 0.25) is 0 Å². The van der Waals surface area contributed by atoms with Crippen molar-refractivity contribution in [2.45, 2.75) is 45.2 Å². The number of ether oxygens (including phenoxy) is 2. The van der Waals surface area contributed by atoms with E-state index in [-0.39, 0.29) is 11.6 Å². The maximum Gasteiger partial charge on any atom is 0.258 e. The first-order chi connectivity index (χ1) is 14.1. The summed E-state index contributed by atoms with van der Waals surface area (Å²) in [6.45, 7) is 2.61. The minimum atomic E-state index is -0.186. The normalized spacial score (nSPS) is 14.4. The van der Waals surface area contributed by atoms with E-state index in [9.17, 15) is 4.79 Å². The Bertz CT molecular complexity index is 1090. The van der Waals surface area contributed by atoms with Gasteiger partial charge in [0.15, 0.2) is 11.5 Å². The highest BCUT2D eigenvalue weighted by Gasteiger charge is 2.14. The summed E-state index contributed by atoms with van der Waals surface area (Å²) in [5.74, 6) is 1.66. The van der Waals surface area contributed by atoms with Gasteiger partial charge in [0, 0.05) is 12.1 Å². The molecule has 0 unspecified atom stereocenters. The van der Waals surface area contributed by atoms with E-state index in [4.69, 9.17) is 9.47 Å². The Morgan fingerprint density at radius 3 is 2.55 bits per heavy atom. The van der Waals surface area contributed by atoms with Gasteiger partial charge >= 0.3 is 0 Å². The predicted molar refractivity (Wildman–Crippen MR) is 114 cm³/mol. The molecule has 0 spiro atoms. The standard InChI is InChI=1S/C23H27N3O3/c1-14(16-9-8-15-6-4-5-7-17(15)10-16)24-13-22-25-19-12-21(29-3)20(28-2)11-18(19)23(27)26-22/h8-12,14,24H,4-7,13H2,1-3H3,(H,25,26,27)/t14-/m0/s1. The highest BCUT2D eigenvalue weighted by molar-refractivity contribution is 5.81. The fourth-order valence-electron chi connectivity index (χ4n) is 3.99. The topological polar surface area (TPSA) is 76.2 Å². The van der Waals surface area contributed by atoms with Gasteiger partial charge in [-0.3, -0.25) is 4.79 Å². The third-order valence-electron chi connectivity index (χ3n) is 5.71. The van der Waals surface area contributed by atoms with Gasteiger partial charge in [-0.05, 0) is 55.4 Å². The van der Waals surface area contributed by atoms with Crippen LogP contribution in [-0.4, -0.2) is 24.2 Å². The molecular formula is C23H27N3O3. The Balaban J connectivity index is 1.54. The van der Waals surface area contributed by atoms with Crippen molar-refractivity contribution in [3.05, 3.63) is 63.2 Å². The maximum absolute atomic E-state index is 12.5. The van der Waals surface area contributed by atoms with Crippen molar-refractivity contribution in [2.75, 3.05) is 14.2 Å². The molecule has 6 nitrogen and oxygen atoms in total. The molecule has 1 heterocycles. The number of nitrogens with one attached hydrogen (secondary N) is 2. The van der Waals surface area contributed by atoms with Crippen LogP contribution in [0.1, 0.15) is 48.3 Å². The zero-order valence-electron chi connectivity index (χ0n) is 17.2. The molecule has 0 bridgehead atoms. The predicted octanol–water partition coefficient (Wildman–Crippen LogP) is 3.67. The van der Waals surface area contributed by atoms with Crippen LogP contribution < -0.4 is 20.3 Å². The third-order valence-corrected chi connectivity index (χ3v) is 5.71. The zero-order valence-corrected chi connectivity index (χ0v) is 17.2. The quantitative estimate of drug-likeness (QED) is 0.668. The molecule has 29 heavy (non-hydrogen) atoms. The van der Waals surface area contributed by atoms with Crippen LogP contribution in [0.3, 0.4) is 0 Å². The average Bonchev–Trinajstić information content (AvgIpc) is 2.76. The van der Waals surface area contributed by atoms with Gasteiger partial charge in [0.1, 0.15) is 5.82 Å². The van der Waals surface area contributed by atoms with Crippen LogP contribution in [-0.2, 0) is 19.4 Å². The summed E-state index contributed by atoms with van der Waals surface area (Å²) < 4.78 is 10.6. The Morgan fingerprint density at radius 1 is 1.07 bits per heavy atom. The Hall–Kier alpha value is -2.86. The second-order valence-corrected chi connectivity index (χ2v) is 7.57. The minimum absolute atomic E-state index is 0.161. The Morgan fingerprint density at radius 2 is 1.79 bits per heavy atom. The Kier molecular flexibility index (Phi) is 5.53. The first kappa shape index (κ1) is 19.5. The van der Waals surface area contributed by atoms with Crippen molar-refractivity contribution in [2.24, 2.45) is 0 Å². The lowest BCUT2D eigenvalue weighted by atomic mass is 9.89. The molecular weight excluding hydrogens is 366 g/mol. The number of rotatable bonds is 6. The number of aromatic nitrogens is 2. The van der Waals surface area contributed by atoms with Gasteiger partial charge in [0.25, 0.3) is 5.56 Å². The van der Waals surface area contributed by atoms with Crippen LogP contribution in [0.5, 0.6) is 11.5 Å². The molecule has 0 aliphatic heterocycles. The molecule has 3 aromatic rings. The minimum Gasteiger partial charge on any atom is -0.493 e. The molecule has 0 amide bonds. The number of nitrogens with zero attached hydrogens (tertiary/aromatic N) is 1. The molecule has 1 aliphatic rings. The molecule has 1 aromatic heterocycles. The Labute approximate surface area is 170 Å². The molecule has 0 fully saturated rings. The van der Waals surface area contributed by atoms with Gasteiger partial charge in [-0.25, -0.2) is 4.98 Å². The molecule has 1 aliphatic carbocycles. The van der Waals surface area contributed by atoms with Crippen LogP contribution in [0.4, 0.5) is 0 Å². The third kappa shape index (κ3) is 3.98. The highest BCUT2D eigenvalue weighted by Crippen LogP contribution is 2.30. The maximum atomic E-state index is 12.5. The summed E-state index contributed by atoms with van der Waals surface area (Å²) in [6.07, 6.45) is 4.92. The lowest BCUT2D eigenvalue weighted by Gasteiger charge is -2.20. The van der Waals surface area contributed by atoms with Crippen LogP contribution >= 0.6 is 0 Å². The molecule has 6 heteroatoms. The monoisotopic (exact) mass is 393 g/mol. The summed E-state index contributed by atoms with van der Waals surface area (Å²) in [7, 11) is 3.12. The molecule has 0 radical (unpaired) electrons. The number of benzene rings is 2. The fourth-order valence-corrected chi connectivity index (χ4v) is 3.99. The van der Waals surface area contributed by atoms with Crippen molar-refractivity contribution < 1.29 is 9.47 Å². The number of hydrogen-bond acceptors (Lipinski definition) is 5. The number of aromatic amines is 1. The van der Waals surface area contributed by atoms with E-state index in [0.29, 0.717) is 34.8 Å². The number of methoxy groups -OCH3 is 2. The average molecular weight is 393 g/mol. The number of hydrogen-bond donors (Lipinski definition) is 2. The first-order valence-corrected chi connectivity index (χ1v) is 10.1. The van der Waals surface area contributed by atoms with Crippen LogP contribution in [0, 0.1) is 0 Å². The second-order valence-electron chi connectivity index (χ2n) is 7.57. The molecule has 0 saturated carbocycles. The van der Waals surface area contributed by atoms with Crippen molar-refractivity contribution in [3.8, 4) is 11.5 Å². The summed E-state index contributed by atoms with van der Waals surface area (Å²) in [6, 6.07) is 10.3. The van der Waals surface area contributed by atoms with E-state index >= 15 is 0 Å². The summed E-state index contributed by atoms with van der Waals surface area (Å²) in [4.78, 5) is 20.0. The first-order valence-electron chi connectivity index (χ1n) is 10.1. The van der Waals surface area contributed by atoms with Crippen LogP contribution in [0.25, 0.3) is 10.9 Å². The molecule has 4 rings (SSSR count). The molecule has 0 saturated heterocycles.